The molecule has 24 heavy (non-hydrogen) atoms. The first-order chi connectivity index (χ1) is 11.1. The molecule has 0 fully saturated rings. The zero-order valence-electron chi connectivity index (χ0n) is 14.0. The number of amides is 1. The van der Waals surface area contributed by atoms with Crippen molar-refractivity contribution >= 4 is 11.6 Å². The third-order valence-corrected chi connectivity index (χ3v) is 3.90. The number of aryl methyl sites for hydroxylation is 3. The molecule has 0 bridgehead atoms. The Morgan fingerprint density at radius 3 is 2.33 bits per heavy atom. The number of alkyl halides is 3. The van der Waals surface area contributed by atoms with Gasteiger partial charge in [0.25, 0.3) is 0 Å². The van der Waals surface area contributed by atoms with Gasteiger partial charge >= 0.3 is 6.18 Å². The van der Waals surface area contributed by atoms with Gasteiger partial charge in [-0.2, -0.15) is 18.3 Å². The Balaban J connectivity index is 2.11. The van der Waals surface area contributed by atoms with Gasteiger partial charge in [0.15, 0.2) is 5.69 Å². The van der Waals surface area contributed by atoms with Crippen LogP contribution in [0.1, 0.15) is 29.4 Å². The highest BCUT2D eigenvalue weighted by atomic mass is 19.4. The molecule has 4 nitrogen and oxygen atoms in total. The molecule has 1 aromatic heterocycles. The molecule has 0 saturated heterocycles. The number of anilines is 1. The number of para-hydroxylation sites is 1. The van der Waals surface area contributed by atoms with E-state index in [2.05, 4.69) is 10.4 Å². The van der Waals surface area contributed by atoms with Crippen LogP contribution in [-0.2, 0) is 17.5 Å². The van der Waals surface area contributed by atoms with Gasteiger partial charge in [0.05, 0.1) is 12.5 Å². The van der Waals surface area contributed by atoms with E-state index >= 15 is 0 Å². The number of carbonyl (C=O) groups excluding carboxylic acids is 1. The topological polar surface area (TPSA) is 46.9 Å². The first-order valence-electron chi connectivity index (χ1n) is 7.58. The highest BCUT2D eigenvalue weighted by molar-refractivity contribution is 5.93. The molecule has 1 heterocycles. The van der Waals surface area contributed by atoms with Crippen LogP contribution in [0.2, 0.25) is 0 Å². The summed E-state index contributed by atoms with van der Waals surface area (Å²) in [5, 5.41) is 6.41. The van der Waals surface area contributed by atoms with Gasteiger partial charge < -0.3 is 5.32 Å². The third kappa shape index (κ3) is 3.96. The fourth-order valence-corrected chi connectivity index (χ4v) is 2.43. The van der Waals surface area contributed by atoms with Gasteiger partial charge in [0.1, 0.15) is 0 Å². The summed E-state index contributed by atoms with van der Waals surface area (Å²) in [6.07, 6.45) is -4.49. The standard InChI is InChI=1S/C17H20F3N3O/c1-10-6-5-7-11(2)15(10)21-16(24)12(3)9-23-13(4)8-14(22-23)17(18,19)20/h5-8,12H,9H2,1-4H3,(H,21,24). The second kappa shape index (κ2) is 6.67. The fourth-order valence-electron chi connectivity index (χ4n) is 2.43. The molecule has 0 saturated carbocycles. The van der Waals surface area contributed by atoms with Crippen LogP contribution < -0.4 is 5.32 Å². The number of aromatic nitrogens is 2. The van der Waals surface area contributed by atoms with E-state index in [0.29, 0.717) is 5.69 Å². The van der Waals surface area contributed by atoms with Crippen LogP contribution in [-0.4, -0.2) is 15.7 Å². The van der Waals surface area contributed by atoms with Crippen LogP contribution in [0.5, 0.6) is 0 Å². The van der Waals surface area contributed by atoms with Gasteiger partial charge in [-0.05, 0) is 38.0 Å². The molecule has 130 valence electrons. The zero-order chi connectivity index (χ0) is 18.1. The Labute approximate surface area is 138 Å². The van der Waals surface area contributed by atoms with E-state index in [-0.39, 0.29) is 12.5 Å². The highest BCUT2D eigenvalue weighted by Gasteiger charge is 2.34. The van der Waals surface area contributed by atoms with Gasteiger partial charge in [-0.15, -0.1) is 0 Å². The van der Waals surface area contributed by atoms with Crippen molar-refractivity contribution in [2.75, 3.05) is 5.32 Å². The average molecular weight is 339 g/mol. The second-order valence-corrected chi connectivity index (χ2v) is 6.01. The number of nitrogens with zero attached hydrogens (tertiary/aromatic N) is 2. The van der Waals surface area contributed by atoms with Gasteiger partial charge in [-0.3, -0.25) is 9.48 Å². The number of benzene rings is 1. The number of rotatable bonds is 4. The molecule has 0 spiro atoms. The smallest absolute Gasteiger partial charge is 0.325 e. The maximum atomic E-state index is 12.7. The molecule has 1 unspecified atom stereocenters. The predicted octanol–water partition coefficient (Wildman–Crippen LogP) is 4.10. The SMILES string of the molecule is Cc1cccc(C)c1NC(=O)C(C)Cn1nc(C(F)(F)F)cc1C. The van der Waals surface area contributed by atoms with Crippen molar-refractivity contribution in [3.05, 3.63) is 46.8 Å². The molecular weight excluding hydrogens is 319 g/mol. The Morgan fingerprint density at radius 2 is 1.83 bits per heavy atom. The summed E-state index contributed by atoms with van der Waals surface area (Å²) in [5.74, 6) is -0.778. The Bertz CT molecular complexity index is 730. The minimum absolute atomic E-state index is 0.0820. The minimum atomic E-state index is -4.49. The summed E-state index contributed by atoms with van der Waals surface area (Å²) >= 11 is 0. The quantitative estimate of drug-likeness (QED) is 0.911. The van der Waals surface area contributed by atoms with E-state index in [1.807, 2.05) is 32.0 Å². The molecule has 1 amide bonds. The van der Waals surface area contributed by atoms with Crippen LogP contribution >= 0.6 is 0 Å². The van der Waals surface area contributed by atoms with E-state index in [1.165, 1.54) is 4.68 Å². The van der Waals surface area contributed by atoms with Crippen molar-refractivity contribution in [2.45, 2.75) is 40.4 Å². The van der Waals surface area contributed by atoms with Gasteiger partial charge in [-0.1, -0.05) is 25.1 Å². The van der Waals surface area contributed by atoms with Crippen molar-refractivity contribution < 1.29 is 18.0 Å². The number of hydrogen-bond donors (Lipinski definition) is 1. The number of hydrogen-bond acceptors (Lipinski definition) is 2. The summed E-state index contributed by atoms with van der Waals surface area (Å²) in [6, 6.07) is 6.66. The van der Waals surface area contributed by atoms with Crippen molar-refractivity contribution in [1.82, 2.24) is 9.78 Å². The molecule has 1 N–H and O–H groups in total. The lowest BCUT2D eigenvalue weighted by atomic mass is 10.1. The fraction of sp³-hybridized carbons (Fsp3) is 0.412. The summed E-state index contributed by atoms with van der Waals surface area (Å²) < 4.78 is 39.3. The maximum Gasteiger partial charge on any atom is 0.435 e. The van der Waals surface area contributed by atoms with Crippen LogP contribution in [0.25, 0.3) is 0 Å². The highest BCUT2D eigenvalue weighted by Crippen LogP contribution is 2.28. The minimum Gasteiger partial charge on any atom is -0.325 e. The van der Waals surface area contributed by atoms with Crippen LogP contribution in [0.15, 0.2) is 24.3 Å². The van der Waals surface area contributed by atoms with Crippen LogP contribution in [0.4, 0.5) is 18.9 Å². The normalized spacial score (nSPS) is 13.0. The number of nitrogens with one attached hydrogen (secondary N) is 1. The molecule has 0 aliphatic carbocycles. The van der Waals surface area contributed by atoms with Crippen molar-refractivity contribution in [3.8, 4) is 0 Å². The zero-order valence-corrected chi connectivity index (χ0v) is 14.0. The number of carbonyl (C=O) groups is 1. The first-order valence-corrected chi connectivity index (χ1v) is 7.58. The van der Waals surface area contributed by atoms with Gasteiger partial charge in [0.2, 0.25) is 5.91 Å². The Morgan fingerprint density at radius 1 is 1.25 bits per heavy atom. The van der Waals surface area contributed by atoms with E-state index < -0.39 is 17.8 Å². The van der Waals surface area contributed by atoms with E-state index in [1.54, 1.807) is 13.8 Å². The Hall–Kier alpha value is -2.31. The molecule has 1 atom stereocenters. The van der Waals surface area contributed by atoms with Crippen molar-refractivity contribution in [1.29, 1.82) is 0 Å². The maximum absolute atomic E-state index is 12.7. The first kappa shape index (κ1) is 18.0. The molecule has 2 aromatic rings. The lowest BCUT2D eigenvalue weighted by Crippen LogP contribution is -2.26. The van der Waals surface area contributed by atoms with Gasteiger partial charge in [0, 0.05) is 11.4 Å². The van der Waals surface area contributed by atoms with E-state index in [9.17, 15) is 18.0 Å². The largest absolute Gasteiger partial charge is 0.435 e. The van der Waals surface area contributed by atoms with Crippen LogP contribution in [0.3, 0.4) is 0 Å². The molecule has 0 aliphatic rings. The summed E-state index contributed by atoms with van der Waals surface area (Å²) in [6.45, 7) is 7.06. The van der Waals surface area contributed by atoms with E-state index in [0.717, 1.165) is 22.9 Å². The van der Waals surface area contributed by atoms with Crippen molar-refractivity contribution in [2.24, 2.45) is 5.92 Å². The molecule has 0 aliphatic heterocycles. The molecule has 2 rings (SSSR count). The summed E-state index contributed by atoms with van der Waals surface area (Å²) in [5.41, 5.74) is 2.04. The molecule has 7 heteroatoms. The summed E-state index contributed by atoms with van der Waals surface area (Å²) in [7, 11) is 0. The van der Waals surface area contributed by atoms with E-state index in [4.69, 9.17) is 0 Å². The lowest BCUT2D eigenvalue weighted by molar-refractivity contribution is -0.141. The Kier molecular flexibility index (Phi) is 5.01. The van der Waals surface area contributed by atoms with Crippen LogP contribution in [0, 0.1) is 26.7 Å². The lowest BCUT2D eigenvalue weighted by Gasteiger charge is -2.16. The molecular formula is C17H20F3N3O. The number of halogens is 3. The summed E-state index contributed by atoms with van der Waals surface area (Å²) in [4.78, 5) is 12.4. The predicted molar refractivity (Wildman–Crippen MR) is 85.7 cm³/mol. The monoisotopic (exact) mass is 339 g/mol. The van der Waals surface area contributed by atoms with Crippen molar-refractivity contribution in [3.63, 3.8) is 0 Å². The molecule has 0 radical (unpaired) electrons. The average Bonchev–Trinajstić information content (AvgIpc) is 2.84. The molecule has 1 aromatic carbocycles. The van der Waals surface area contributed by atoms with Gasteiger partial charge in [-0.25, -0.2) is 0 Å². The third-order valence-electron chi connectivity index (χ3n) is 3.90. The second-order valence-electron chi connectivity index (χ2n) is 6.01.